The van der Waals surface area contributed by atoms with Crippen LogP contribution in [-0.2, 0) is 5.41 Å². The molecule has 1 spiro atoms. The van der Waals surface area contributed by atoms with E-state index in [0.717, 1.165) is 17.1 Å². The van der Waals surface area contributed by atoms with Crippen LogP contribution in [0.5, 0.6) is 0 Å². The van der Waals surface area contributed by atoms with Gasteiger partial charge in [-0.1, -0.05) is 158 Å². The normalized spacial score (nSPS) is 13.0. The highest BCUT2D eigenvalue weighted by molar-refractivity contribution is 5.99. The lowest BCUT2D eigenvalue weighted by molar-refractivity contribution is 0.795. The Bertz CT molecular complexity index is 2520. The molecule has 0 fully saturated rings. The molecule has 0 aromatic heterocycles. The highest BCUT2D eigenvalue weighted by atomic mass is 15.1. The molecule has 8 aromatic rings. The maximum atomic E-state index is 2.39. The second-order valence-electron chi connectivity index (χ2n) is 13.8. The number of fused-ring (bicyclic) bond motifs is 10. The summed E-state index contributed by atoms with van der Waals surface area (Å²) in [5.74, 6) is 0. The summed E-state index contributed by atoms with van der Waals surface area (Å²) in [6.07, 6.45) is 0. The van der Waals surface area contributed by atoms with Crippen LogP contribution in [0, 0.1) is 6.92 Å². The third-order valence-corrected chi connectivity index (χ3v) is 10.9. The number of hydrogen-bond donors (Lipinski definition) is 0. The molecule has 1 nitrogen and oxygen atoms in total. The summed E-state index contributed by atoms with van der Waals surface area (Å²) in [5, 5.41) is 0. The summed E-state index contributed by atoms with van der Waals surface area (Å²) in [6.45, 7) is 2.22. The van der Waals surface area contributed by atoms with Gasteiger partial charge in [0.1, 0.15) is 0 Å². The molecule has 0 atom stereocenters. The predicted molar refractivity (Wildman–Crippen MR) is 213 cm³/mol. The summed E-state index contributed by atoms with van der Waals surface area (Å²) in [5.41, 5.74) is 19.9. The van der Waals surface area contributed by atoms with E-state index in [2.05, 4.69) is 206 Å². The van der Waals surface area contributed by atoms with Crippen LogP contribution in [0.25, 0.3) is 44.5 Å². The minimum atomic E-state index is -0.411. The topological polar surface area (TPSA) is 3.24 Å². The first kappa shape index (κ1) is 29.5. The van der Waals surface area contributed by atoms with Crippen LogP contribution >= 0.6 is 0 Å². The molecular formula is C50H35N. The predicted octanol–water partition coefficient (Wildman–Crippen LogP) is 13.1. The van der Waals surface area contributed by atoms with E-state index in [4.69, 9.17) is 0 Å². The van der Waals surface area contributed by atoms with Gasteiger partial charge < -0.3 is 4.90 Å². The van der Waals surface area contributed by atoms with E-state index < -0.39 is 5.41 Å². The van der Waals surface area contributed by atoms with Gasteiger partial charge >= 0.3 is 0 Å². The fourth-order valence-electron chi connectivity index (χ4n) is 8.90. The summed E-state index contributed by atoms with van der Waals surface area (Å²) in [4.78, 5) is 2.39. The summed E-state index contributed by atoms with van der Waals surface area (Å²) < 4.78 is 0. The molecule has 10 rings (SSSR count). The van der Waals surface area contributed by atoms with Gasteiger partial charge in [0.05, 0.1) is 5.41 Å². The van der Waals surface area contributed by atoms with Crippen molar-refractivity contribution in [2.45, 2.75) is 12.3 Å². The van der Waals surface area contributed by atoms with Crippen LogP contribution in [0.2, 0.25) is 0 Å². The van der Waals surface area contributed by atoms with Crippen LogP contribution in [0.15, 0.2) is 194 Å². The van der Waals surface area contributed by atoms with Gasteiger partial charge in [-0.2, -0.15) is 0 Å². The molecule has 0 unspecified atom stereocenters. The lowest BCUT2D eigenvalue weighted by Gasteiger charge is -2.32. The van der Waals surface area contributed by atoms with Crippen molar-refractivity contribution in [3.05, 3.63) is 222 Å². The van der Waals surface area contributed by atoms with E-state index in [0.29, 0.717) is 0 Å². The third-order valence-electron chi connectivity index (χ3n) is 10.9. The lowest BCUT2D eigenvalue weighted by Crippen LogP contribution is -2.26. The van der Waals surface area contributed by atoms with Crippen LogP contribution in [0.1, 0.15) is 27.8 Å². The first-order valence-electron chi connectivity index (χ1n) is 17.8. The SMILES string of the molecule is Cc1cc(-c2cccc3c2C2(c4ccccc4-c4ccccc42)c2ccccc2-3)cc(N(c2ccccc2)c2ccc(-c3ccccc3)cc2)c1. The zero-order valence-electron chi connectivity index (χ0n) is 28.4. The highest BCUT2D eigenvalue weighted by Gasteiger charge is 2.52. The minimum Gasteiger partial charge on any atom is -0.310 e. The summed E-state index contributed by atoms with van der Waals surface area (Å²) in [6, 6.07) is 71.4. The molecule has 0 amide bonds. The van der Waals surface area contributed by atoms with E-state index in [-0.39, 0.29) is 0 Å². The number of benzene rings is 8. The average Bonchev–Trinajstić information content (AvgIpc) is 3.66. The van der Waals surface area contributed by atoms with E-state index in [9.17, 15) is 0 Å². The fourth-order valence-corrected chi connectivity index (χ4v) is 8.90. The van der Waals surface area contributed by atoms with E-state index in [1.165, 1.54) is 72.3 Å². The van der Waals surface area contributed by atoms with Gasteiger partial charge in [-0.15, -0.1) is 0 Å². The first-order chi connectivity index (χ1) is 25.2. The van der Waals surface area contributed by atoms with Gasteiger partial charge in [0.25, 0.3) is 0 Å². The van der Waals surface area contributed by atoms with Crippen LogP contribution in [0.3, 0.4) is 0 Å². The summed E-state index contributed by atoms with van der Waals surface area (Å²) >= 11 is 0. The highest BCUT2D eigenvalue weighted by Crippen LogP contribution is 2.64. The maximum absolute atomic E-state index is 2.39. The number of nitrogens with zero attached hydrogens (tertiary/aromatic N) is 1. The van der Waals surface area contributed by atoms with Crippen LogP contribution in [-0.4, -0.2) is 0 Å². The lowest BCUT2D eigenvalue weighted by atomic mass is 9.68. The Labute approximate surface area is 299 Å². The molecule has 0 radical (unpaired) electrons. The molecule has 51 heavy (non-hydrogen) atoms. The molecular weight excluding hydrogens is 615 g/mol. The Morgan fingerprint density at radius 1 is 0.333 bits per heavy atom. The van der Waals surface area contributed by atoms with Gasteiger partial charge in [-0.05, 0) is 116 Å². The van der Waals surface area contributed by atoms with Crippen molar-refractivity contribution in [1.29, 1.82) is 0 Å². The third kappa shape index (κ3) is 4.41. The van der Waals surface area contributed by atoms with Crippen molar-refractivity contribution in [3.8, 4) is 44.5 Å². The Morgan fingerprint density at radius 2 is 0.804 bits per heavy atom. The standard InChI is InChI=1S/C50H35N/c1-34-31-37(33-40(32-34)51(38-17-6-3-7-18-38)39-29-27-36(28-30-39)35-15-4-2-5-16-35)41-22-14-23-45-44-21-10-13-26-48(44)50(49(41)45)46-24-11-8-19-42(46)43-20-9-12-25-47(43)50/h2-33H,1H3. The average molecular weight is 650 g/mol. The molecule has 0 N–H and O–H groups in total. The zero-order chi connectivity index (χ0) is 33.9. The van der Waals surface area contributed by atoms with Crippen molar-refractivity contribution < 1.29 is 0 Å². The molecule has 0 saturated carbocycles. The van der Waals surface area contributed by atoms with E-state index in [1.54, 1.807) is 0 Å². The zero-order valence-corrected chi connectivity index (χ0v) is 28.4. The first-order valence-corrected chi connectivity index (χ1v) is 17.8. The monoisotopic (exact) mass is 649 g/mol. The number of rotatable bonds is 5. The molecule has 240 valence electrons. The largest absolute Gasteiger partial charge is 0.310 e. The molecule has 0 bridgehead atoms. The molecule has 0 heterocycles. The second kappa shape index (κ2) is 11.6. The summed E-state index contributed by atoms with van der Waals surface area (Å²) in [7, 11) is 0. The molecule has 2 aliphatic rings. The van der Waals surface area contributed by atoms with Crippen molar-refractivity contribution in [2.75, 3.05) is 4.90 Å². The van der Waals surface area contributed by atoms with E-state index >= 15 is 0 Å². The number of hydrogen-bond acceptors (Lipinski definition) is 1. The molecule has 2 aliphatic carbocycles. The van der Waals surface area contributed by atoms with Crippen LogP contribution < -0.4 is 4.90 Å². The van der Waals surface area contributed by atoms with Crippen molar-refractivity contribution in [2.24, 2.45) is 0 Å². The number of para-hydroxylation sites is 1. The Morgan fingerprint density at radius 3 is 1.43 bits per heavy atom. The van der Waals surface area contributed by atoms with Gasteiger partial charge in [0.15, 0.2) is 0 Å². The number of aryl methyl sites for hydroxylation is 1. The van der Waals surface area contributed by atoms with Crippen molar-refractivity contribution in [3.63, 3.8) is 0 Å². The van der Waals surface area contributed by atoms with Gasteiger partial charge in [0.2, 0.25) is 0 Å². The quantitative estimate of drug-likeness (QED) is 0.179. The Balaban J connectivity index is 1.20. The second-order valence-corrected chi connectivity index (χ2v) is 13.8. The molecule has 0 saturated heterocycles. The molecule has 0 aliphatic heterocycles. The van der Waals surface area contributed by atoms with Crippen LogP contribution in [0.4, 0.5) is 17.1 Å². The molecule has 8 aromatic carbocycles. The Hall–Kier alpha value is -6.44. The Kier molecular flexibility index (Phi) is 6.69. The smallest absolute Gasteiger partial charge is 0.0731 e. The molecule has 1 heteroatoms. The van der Waals surface area contributed by atoms with Gasteiger partial charge in [-0.25, -0.2) is 0 Å². The maximum Gasteiger partial charge on any atom is 0.0731 e. The number of anilines is 3. The minimum absolute atomic E-state index is 0.411. The van der Waals surface area contributed by atoms with Crippen molar-refractivity contribution in [1.82, 2.24) is 0 Å². The van der Waals surface area contributed by atoms with Gasteiger partial charge in [-0.3, -0.25) is 0 Å². The van der Waals surface area contributed by atoms with Crippen molar-refractivity contribution >= 4 is 17.1 Å². The van der Waals surface area contributed by atoms with E-state index in [1.807, 2.05) is 0 Å². The van der Waals surface area contributed by atoms with Gasteiger partial charge in [0, 0.05) is 17.1 Å². The fraction of sp³-hybridized carbons (Fsp3) is 0.0400.